The molecule has 0 aromatic heterocycles. The molecule has 1 unspecified atom stereocenters. The third kappa shape index (κ3) is 5.61. The van der Waals surface area contributed by atoms with Crippen molar-refractivity contribution < 1.29 is 4.74 Å². The lowest BCUT2D eigenvalue weighted by molar-refractivity contribution is 0.102. The molecule has 0 aromatic rings. The van der Waals surface area contributed by atoms with Gasteiger partial charge in [-0.15, -0.1) is 0 Å². The van der Waals surface area contributed by atoms with Gasteiger partial charge >= 0.3 is 0 Å². The van der Waals surface area contributed by atoms with Gasteiger partial charge in [-0.2, -0.15) is 0 Å². The van der Waals surface area contributed by atoms with Crippen molar-refractivity contribution in [1.82, 2.24) is 5.32 Å². The summed E-state index contributed by atoms with van der Waals surface area (Å²) in [7, 11) is 0. The van der Waals surface area contributed by atoms with Gasteiger partial charge in [0.2, 0.25) is 0 Å². The number of unbranched alkanes of at least 4 members (excludes halogenated alkanes) is 4. The van der Waals surface area contributed by atoms with Gasteiger partial charge in [-0.3, -0.25) is 0 Å². The molecule has 2 nitrogen and oxygen atoms in total. The highest BCUT2D eigenvalue weighted by Crippen LogP contribution is 2.08. The average molecular weight is 199 g/mol. The normalized spacial score (nSPS) is 21.6. The summed E-state index contributed by atoms with van der Waals surface area (Å²) in [6.07, 6.45) is 7.98. The first-order valence-electron chi connectivity index (χ1n) is 6.22. The zero-order valence-electron chi connectivity index (χ0n) is 9.56. The van der Waals surface area contributed by atoms with E-state index in [4.69, 9.17) is 4.74 Å². The Bertz CT molecular complexity index is 121. The van der Waals surface area contributed by atoms with Gasteiger partial charge in [0.25, 0.3) is 0 Å². The zero-order valence-corrected chi connectivity index (χ0v) is 9.56. The van der Waals surface area contributed by atoms with Crippen LogP contribution in [-0.4, -0.2) is 26.3 Å². The summed E-state index contributed by atoms with van der Waals surface area (Å²) in [5, 5.41) is 3.36. The molecule has 1 aliphatic rings. The lowest BCUT2D eigenvalue weighted by atomic mass is 10.1. The molecular formula is C12H25NO. The minimum Gasteiger partial charge on any atom is -0.381 e. The van der Waals surface area contributed by atoms with Gasteiger partial charge in [0.05, 0.1) is 6.61 Å². The predicted molar refractivity (Wildman–Crippen MR) is 60.6 cm³/mol. The van der Waals surface area contributed by atoms with Gasteiger partial charge in [0.15, 0.2) is 0 Å². The number of hydrogen-bond acceptors (Lipinski definition) is 2. The lowest BCUT2D eigenvalue weighted by Gasteiger charge is -2.08. The highest BCUT2D eigenvalue weighted by molar-refractivity contribution is 4.70. The SMILES string of the molecule is CCCCCCCOCC1CCNC1. The average Bonchev–Trinajstić information content (AvgIpc) is 2.69. The van der Waals surface area contributed by atoms with Crippen LogP contribution >= 0.6 is 0 Å². The van der Waals surface area contributed by atoms with Gasteiger partial charge < -0.3 is 10.1 Å². The smallest absolute Gasteiger partial charge is 0.0506 e. The summed E-state index contributed by atoms with van der Waals surface area (Å²) >= 11 is 0. The number of hydrogen-bond donors (Lipinski definition) is 1. The second-order valence-electron chi connectivity index (χ2n) is 4.35. The summed E-state index contributed by atoms with van der Waals surface area (Å²) in [5.74, 6) is 0.783. The van der Waals surface area contributed by atoms with Gasteiger partial charge in [-0.1, -0.05) is 32.6 Å². The van der Waals surface area contributed by atoms with Crippen molar-refractivity contribution >= 4 is 0 Å². The molecule has 0 saturated carbocycles. The summed E-state index contributed by atoms with van der Waals surface area (Å²) in [6.45, 7) is 6.55. The highest BCUT2D eigenvalue weighted by Gasteiger charge is 2.13. The van der Waals surface area contributed by atoms with Crippen molar-refractivity contribution in [3.63, 3.8) is 0 Å². The van der Waals surface area contributed by atoms with Gasteiger partial charge in [-0.25, -0.2) is 0 Å². The molecular weight excluding hydrogens is 174 g/mol. The molecule has 1 atom stereocenters. The minimum absolute atomic E-state index is 0.783. The van der Waals surface area contributed by atoms with E-state index in [0.717, 1.165) is 25.7 Å². The van der Waals surface area contributed by atoms with Crippen LogP contribution in [0.5, 0.6) is 0 Å². The van der Waals surface area contributed by atoms with Crippen LogP contribution in [0.4, 0.5) is 0 Å². The maximum Gasteiger partial charge on any atom is 0.0506 e. The Labute approximate surface area is 88.4 Å². The highest BCUT2D eigenvalue weighted by atomic mass is 16.5. The molecule has 14 heavy (non-hydrogen) atoms. The Hall–Kier alpha value is -0.0800. The Morgan fingerprint density at radius 1 is 1.21 bits per heavy atom. The van der Waals surface area contributed by atoms with Crippen LogP contribution in [0.25, 0.3) is 0 Å². The second-order valence-corrected chi connectivity index (χ2v) is 4.35. The Balaban J connectivity index is 1.75. The molecule has 2 heteroatoms. The first-order valence-corrected chi connectivity index (χ1v) is 6.22. The summed E-state index contributed by atoms with van der Waals surface area (Å²) in [4.78, 5) is 0. The Morgan fingerprint density at radius 3 is 2.79 bits per heavy atom. The molecule has 0 amide bonds. The molecule has 1 heterocycles. The zero-order chi connectivity index (χ0) is 10.1. The van der Waals surface area contributed by atoms with Crippen molar-refractivity contribution in [2.24, 2.45) is 5.92 Å². The number of nitrogens with one attached hydrogen (secondary N) is 1. The van der Waals surface area contributed by atoms with E-state index in [2.05, 4.69) is 12.2 Å². The third-order valence-corrected chi connectivity index (χ3v) is 2.91. The van der Waals surface area contributed by atoms with E-state index in [-0.39, 0.29) is 0 Å². The molecule has 1 saturated heterocycles. The van der Waals surface area contributed by atoms with Crippen molar-refractivity contribution in [2.45, 2.75) is 45.4 Å². The van der Waals surface area contributed by atoms with Crippen LogP contribution in [0.3, 0.4) is 0 Å². The molecule has 0 radical (unpaired) electrons. The molecule has 1 rings (SSSR count). The van der Waals surface area contributed by atoms with Crippen molar-refractivity contribution in [3.8, 4) is 0 Å². The summed E-state index contributed by atoms with van der Waals surface area (Å²) in [6, 6.07) is 0. The van der Waals surface area contributed by atoms with Crippen LogP contribution in [0.1, 0.15) is 45.4 Å². The van der Waals surface area contributed by atoms with E-state index in [0.29, 0.717) is 0 Å². The van der Waals surface area contributed by atoms with E-state index in [1.54, 1.807) is 0 Å². The molecule has 1 fully saturated rings. The van der Waals surface area contributed by atoms with Crippen LogP contribution in [-0.2, 0) is 4.74 Å². The monoisotopic (exact) mass is 199 g/mol. The quantitative estimate of drug-likeness (QED) is 0.607. The first kappa shape index (κ1) is 12.0. The number of ether oxygens (including phenoxy) is 1. The van der Waals surface area contributed by atoms with Crippen LogP contribution < -0.4 is 5.32 Å². The summed E-state index contributed by atoms with van der Waals surface area (Å²) < 4.78 is 5.66. The largest absolute Gasteiger partial charge is 0.381 e. The first-order chi connectivity index (χ1) is 6.93. The Kier molecular flexibility index (Phi) is 7.06. The van der Waals surface area contributed by atoms with Crippen LogP contribution in [0.2, 0.25) is 0 Å². The molecule has 0 aliphatic carbocycles. The fourth-order valence-corrected chi connectivity index (χ4v) is 1.91. The van der Waals surface area contributed by atoms with Crippen molar-refractivity contribution in [2.75, 3.05) is 26.3 Å². The van der Waals surface area contributed by atoms with Gasteiger partial charge in [0.1, 0.15) is 0 Å². The molecule has 84 valence electrons. The molecule has 1 N–H and O–H groups in total. The van der Waals surface area contributed by atoms with E-state index >= 15 is 0 Å². The second kappa shape index (κ2) is 8.25. The maximum absolute atomic E-state index is 5.66. The van der Waals surface area contributed by atoms with Crippen LogP contribution in [0.15, 0.2) is 0 Å². The maximum atomic E-state index is 5.66. The standard InChI is InChI=1S/C12H25NO/c1-2-3-4-5-6-9-14-11-12-7-8-13-10-12/h12-13H,2-11H2,1H3. The Morgan fingerprint density at radius 2 is 2.07 bits per heavy atom. The van der Waals surface area contributed by atoms with Crippen LogP contribution in [0, 0.1) is 5.92 Å². The minimum atomic E-state index is 0.783. The molecule has 0 aromatic carbocycles. The molecule has 0 spiro atoms. The fourth-order valence-electron chi connectivity index (χ4n) is 1.91. The van der Waals surface area contributed by atoms with E-state index in [9.17, 15) is 0 Å². The van der Waals surface area contributed by atoms with E-state index in [1.165, 1.54) is 45.1 Å². The lowest BCUT2D eigenvalue weighted by Crippen LogP contribution is -2.14. The topological polar surface area (TPSA) is 21.3 Å². The van der Waals surface area contributed by atoms with Crippen molar-refractivity contribution in [1.29, 1.82) is 0 Å². The van der Waals surface area contributed by atoms with E-state index in [1.807, 2.05) is 0 Å². The molecule has 0 bridgehead atoms. The van der Waals surface area contributed by atoms with Gasteiger partial charge in [-0.05, 0) is 25.3 Å². The van der Waals surface area contributed by atoms with E-state index < -0.39 is 0 Å². The fraction of sp³-hybridized carbons (Fsp3) is 1.00. The van der Waals surface area contributed by atoms with Crippen molar-refractivity contribution in [3.05, 3.63) is 0 Å². The number of rotatable bonds is 8. The van der Waals surface area contributed by atoms with Gasteiger partial charge in [0, 0.05) is 13.2 Å². The predicted octanol–water partition coefficient (Wildman–Crippen LogP) is 2.58. The molecule has 1 aliphatic heterocycles. The summed E-state index contributed by atoms with van der Waals surface area (Å²) in [5.41, 5.74) is 0. The third-order valence-electron chi connectivity index (χ3n) is 2.91.